The fourth-order valence-electron chi connectivity index (χ4n) is 1.71. The Bertz CT molecular complexity index is 622. The highest BCUT2D eigenvalue weighted by molar-refractivity contribution is 5.90. The quantitative estimate of drug-likeness (QED) is 0.677. The van der Waals surface area contributed by atoms with Gasteiger partial charge in [0.2, 0.25) is 0 Å². The monoisotopic (exact) mass is 263 g/mol. The molecule has 0 saturated carbocycles. The predicted octanol–water partition coefficient (Wildman–Crippen LogP) is 1.81. The lowest BCUT2D eigenvalue weighted by molar-refractivity contribution is 0.0458. The standard InChI is InChI=1S/C13H14FN3O2/c1-8-5-10(17(2)16-8)7-19-13(18)11-4-3-9(15)6-12(11)14/h3-6H,7,15H2,1-2H3. The van der Waals surface area contributed by atoms with Crippen molar-refractivity contribution in [2.45, 2.75) is 13.5 Å². The number of anilines is 1. The number of carbonyl (C=O) groups is 1. The highest BCUT2D eigenvalue weighted by Gasteiger charge is 2.14. The lowest BCUT2D eigenvalue weighted by Crippen LogP contribution is -2.10. The number of carbonyl (C=O) groups excluding carboxylic acids is 1. The van der Waals surface area contributed by atoms with Crippen molar-refractivity contribution in [2.75, 3.05) is 5.73 Å². The van der Waals surface area contributed by atoms with Crippen LogP contribution >= 0.6 is 0 Å². The molecule has 1 heterocycles. The molecule has 19 heavy (non-hydrogen) atoms. The number of benzene rings is 1. The third-order valence-electron chi connectivity index (χ3n) is 2.66. The predicted molar refractivity (Wildman–Crippen MR) is 67.9 cm³/mol. The maximum absolute atomic E-state index is 13.5. The van der Waals surface area contributed by atoms with Crippen molar-refractivity contribution in [3.8, 4) is 0 Å². The van der Waals surface area contributed by atoms with E-state index in [9.17, 15) is 9.18 Å². The molecule has 0 aliphatic rings. The van der Waals surface area contributed by atoms with E-state index in [0.29, 0.717) is 0 Å². The molecular formula is C13H14FN3O2. The first-order valence-corrected chi connectivity index (χ1v) is 5.69. The first-order valence-electron chi connectivity index (χ1n) is 5.69. The number of ether oxygens (including phenoxy) is 1. The molecule has 2 rings (SSSR count). The maximum atomic E-state index is 13.5. The number of aryl methyl sites for hydroxylation is 2. The third-order valence-corrected chi connectivity index (χ3v) is 2.66. The Balaban J connectivity index is 2.07. The van der Waals surface area contributed by atoms with Crippen LogP contribution in [0.4, 0.5) is 10.1 Å². The van der Waals surface area contributed by atoms with Gasteiger partial charge in [-0.05, 0) is 31.2 Å². The van der Waals surface area contributed by atoms with Crippen LogP contribution in [0.1, 0.15) is 21.7 Å². The van der Waals surface area contributed by atoms with Crippen LogP contribution in [0.5, 0.6) is 0 Å². The second-order valence-electron chi connectivity index (χ2n) is 4.22. The number of hydrogen-bond donors (Lipinski definition) is 1. The van der Waals surface area contributed by atoms with E-state index in [0.717, 1.165) is 17.5 Å². The normalized spacial score (nSPS) is 10.5. The Hall–Kier alpha value is -2.37. The highest BCUT2D eigenvalue weighted by atomic mass is 19.1. The van der Waals surface area contributed by atoms with Gasteiger partial charge in [0.25, 0.3) is 0 Å². The molecule has 0 saturated heterocycles. The van der Waals surface area contributed by atoms with Crippen LogP contribution < -0.4 is 5.73 Å². The molecular weight excluding hydrogens is 249 g/mol. The number of esters is 1. The molecule has 1 aromatic carbocycles. The molecule has 0 spiro atoms. The van der Waals surface area contributed by atoms with E-state index >= 15 is 0 Å². The molecule has 0 bridgehead atoms. The Morgan fingerprint density at radius 2 is 2.21 bits per heavy atom. The Labute approximate surface area is 109 Å². The SMILES string of the molecule is Cc1cc(COC(=O)c2ccc(N)cc2F)n(C)n1. The Kier molecular flexibility index (Phi) is 3.50. The van der Waals surface area contributed by atoms with Gasteiger partial charge >= 0.3 is 5.97 Å². The van der Waals surface area contributed by atoms with Crippen molar-refractivity contribution < 1.29 is 13.9 Å². The molecule has 5 nitrogen and oxygen atoms in total. The molecule has 0 aliphatic carbocycles. The minimum absolute atomic E-state index is 0.0417. The van der Waals surface area contributed by atoms with E-state index in [1.807, 2.05) is 6.92 Å². The van der Waals surface area contributed by atoms with Crippen molar-refractivity contribution in [1.82, 2.24) is 9.78 Å². The molecule has 0 fully saturated rings. The van der Waals surface area contributed by atoms with E-state index in [2.05, 4.69) is 5.10 Å². The van der Waals surface area contributed by atoms with Gasteiger partial charge in [0.1, 0.15) is 12.4 Å². The van der Waals surface area contributed by atoms with Crippen LogP contribution in [0.2, 0.25) is 0 Å². The van der Waals surface area contributed by atoms with Crippen molar-refractivity contribution in [1.29, 1.82) is 0 Å². The molecule has 1 aromatic heterocycles. The van der Waals surface area contributed by atoms with Gasteiger partial charge in [-0.1, -0.05) is 0 Å². The van der Waals surface area contributed by atoms with Crippen LogP contribution in [-0.4, -0.2) is 15.7 Å². The van der Waals surface area contributed by atoms with Crippen molar-refractivity contribution in [2.24, 2.45) is 7.05 Å². The fourth-order valence-corrected chi connectivity index (χ4v) is 1.71. The van der Waals surface area contributed by atoms with Gasteiger partial charge in [-0.3, -0.25) is 4.68 Å². The number of aromatic nitrogens is 2. The van der Waals surface area contributed by atoms with Gasteiger partial charge in [0.15, 0.2) is 0 Å². The van der Waals surface area contributed by atoms with Gasteiger partial charge in [-0.15, -0.1) is 0 Å². The number of halogens is 1. The molecule has 2 N–H and O–H groups in total. The summed E-state index contributed by atoms with van der Waals surface area (Å²) in [6, 6.07) is 5.65. The van der Waals surface area contributed by atoms with Crippen LogP contribution in [0.15, 0.2) is 24.3 Å². The average molecular weight is 263 g/mol. The summed E-state index contributed by atoms with van der Waals surface area (Å²) in [6.45, 7) is 1.88. The molecule has 0 radical (unpaired) electrons. The van der Waals surface area contributed by atoms with Crippen LogP contribution in [0.3, 0.4) is 0 Å². The van der Waals surface area contributed by atoms with E-state index in [1.54, 1.807) is 17.8 Å². The third kappa shape index (κ3) is 2.90. The van der Waals surface area contributed by atoms with E-state index in [-0.39, 0.29) is 17.9 Å². The summed E-state index contributed by atoms with van der Waals surface area (Å²) in [5.41, 5.74) is 7.10. The number of nitrogens with zero attached hydrogens (tertiary/aromatic N) is 2. The smallest absolute Gasteiger partial charge is 0.341 e. The average Bonchev–Trinajstić information content (AvgIpc) is 2.65. The van der Waals surface area contributed by atoms with E-state index in [4.69, 9.17) is 10.5 Å². The van der Waals surface area contributed by atoms with Gasteiger partial charge < -0.3 is 10.5 Å². The highest BCUT2D eigenvalue weighted by Crippen LogP contribution is 2.14. The van der Waals surface area contributed by atoms with E-state index < -0.39 is 11.8 Å². The van der Waals surface area contributed by atoms with Crippen molar-refractivity contribution >= 4 is 11.7 Å². The van der Waals surface area contributed by atoms with Crippen LogP contribution in [0, 0.1) is 12.7 Å². The number of rotatable bonds is 3. The summed E-state index contributed by atoms with van der Waals surface area (Å²) in [7, 11) is 1.75. The zero-order valence-electron chi connectivity index (χ0n) is 10.7. The first-order chi connectivity index (χ1) is 8.97. The zero-order chi connectivity index (χ0) is 14.0. The fraction of sp³-hybridized carbons (Fsp3) is 0.231. The van der Waals surface area contributed by atoms with Gasteiger partial charge in [-0.25, -0.2) is 9.18 Å². The summed E-state index contributed by atoms with van der Waals surface area (Å²) in [5, 5.41) is 4.13. The molecule has 0 amide bonds. The number of nitrogens with two attached hydrogens (primary N) is 1. The first kappa shape index (κ1) is 13.1. The van der Waals surface area contributed by atoms with Gasteiger partial charge in [0.05, 0.1) is 17.0 Å². The lowest BCUT2D eigenvalue weighted by atomic mass is 10.2. The molecule has 0 atom stereocenters. The molecule has 6 heteroatoms. The lowest BCUT2D eigenvalue weighted by Gasteiger charge is -2.06. The van der Waals surface area contributed by atoms with Crippen molar-refractivity contribution in [3.63, 3.8) is 0 Å². The minimum atomic E-state index is -0.726. The van der Waals surface area contributed by atoms with Crippen LogP contribution in [-0.2, 0) is 18.4 Å². The topological polar surface area (TPSA) is 70.1 Å². The minimum Gasteiger partial charge on any atom is -0.456 e. The van der Waals surface area contributed by atoms with Crippen molar-refractivity contribution in [3.05, 3.63) is 47.0 Å². The van der Waals surface area contributed by atoms with Gasteiger partial charge in [-0.2, -0.15) is 5.10 Å². The van der Waals surface area contributed by atoms with E-state index in [1.165, 1.54) is 12.1 Å². The number of hydrogen-bond acceptors (Lipinski definition) is 4. The zero-order valence-corrected chi connectivity index (χ0v) is 10.7. The Morgan fingerprint density at radius 1 is 1.47 bits per heavy atom. The number of nitrogen functional groups attached to an aromatic ring is 1. The molecule has 0 unspecified atom stereocenters. The van der Waals surface area contributed by atoms with Crippen LogP contribution in [0.25, 0.3) is 0 Å². The maximum Gasteiger partial charge on any atom is 0.341 e. The summed E-state index contributed by atoms with van der Waals surface area (Å²) < 4.78 is 20.2. The summed E-state index contributed by atoms with van der Waals surface area (Å²) >= 11 is 0. The summed E-state index contributed by atoms with van der Waals surface area (Å²) in [5.74, 6) is -1.41. The van der Waals surface area contributed by atoms with Gasteiger partial charge in [0, 0.05) is 12.7 Å². The Morgan fingerprint density at radius 3 is 2.79 bits per heavy atom. The summed E-state index contributed by atoms with van der Waals surface area (Å²) in [4.78, 5) is 11.7. The molecule has 0 aliphatic heterocycles. The molecule has 100 valence electrons. The summed E-state index contributed by atoms with van der Waals surface area (Å²) in [6.07, 6.45) is 0. The largest absolute Gasteiger partial charge is 0.456 e. The molecule has 2 aromatic rings. The second-order valence-corrected chi connectivity index (χ2v) is 4.22. The second kappa shape index (κ2) is 5.09.